The molecule has 1 N–H and O–H groups in total. The molecule has 2 nitrogen and oxygen atoms in total. The lowest BCUT2D eigenvalue weighted by molar-refractivity contribution is 0.504. The van der Waals surface area contributed by atoms with Gasteiger partial charge in [-0.25, -0.2) is 4.39 Å². The van der Waals surface area contributed by atoms with E-state index in [1.165, 1.54) is 0 Å². The van der Waals surface area contributed by atoms with Crippen LogP contribution in [0.5, 0.6) is 0 Å². The largest absolute Gasteiger partial charge is 0.364 e. The smallest absolute Gasteiger partial charge is 0.146 e. The second-order valence-corrected chi connectivity index (χ2v) is 5.60. The van der Waals surface area contributed by atoms with Crippen LogP contribution in [0.15, 0.2) is 18.2 Å². The summed E-state index contributed by atoms with van der Waals surface area (Å²) in [5, 5.41) is 3.29. The van der Waals surface area contributed by atoms with E-state index in [1.54, 1.807) is 12.1 Å². The second kappa shape index (κ2) is 5.27. The minimum atomic E-state index is -0.0969. The minimum Gasteiger partial charge on any atom is -0.364 e. The van der Waals surface area contributed by atoms with Crippen molar-refractivity contribution in [1.82, 2.24) is 5.32 Å². The third-order valence-electron chi connectivity index (χ3n) is 3.81. The molecule has 0 spiro atoms. The zero-order valence-electron chi connectivity index (χ0n) is 11.6. The first kappa shape index (κ1) is 13.3. The van der Waals surface area contributed by atoms with Crippen LogP contribution in [0.25, 0.3) is 0 Å². The summed E-state index contributed by atoms with van der Waals surface area (Å²) in [7, 11) is 0. The highest BCUT2D eigenvalue weighted by molar-refractivity contribution is 5.57. The van der Waals surface area contributed by atoms with Crippen molar-refractivity contribution in [2.75, 3.05) is 18.0 Å². The van der Waals surface area contributed by atoms with Crippen molar-refractivity contribution < 1.29 is 4.39 Å². The minimum absolute atomic E-state index is 0.0587. The lowest BCUT2D eigenvalue weighted by atomic mass is 10.0. The van der Waals surface area contributed by atoms with Gasteiger partial charge >= 0.3 is 0 Å². The highest BCUT2D eigenvalue weighted by Crippen LogP contribution is 2.37. The van der Waals surface area contributed by atoms with Gasteiger partial charge in [-0.05, 0) is 44.9 Å². The molecular weight excluding hydrogens is 227 g/mol. The molecule has 0 amide bonds. The lowest BCUT2D eigenvalue weighted by Crippen LogP contribution is -2.39. The topological polar surface area (TPSA) is 15.3 Å². The molecule has 1 aromatic rings. The average Bonchev–Trinajstić information content (AvgIpc) is 2.66. The fourth-order valence-corrected chi connectivity index (χ4v) is 2.79. The van der Waals surface area contributed by atoms with E-state index in [-0.39, 0.29) is 11.4 Å². The first-order valence-electron chi connectivity index (χ1n) is 6.82. The molecule has 1 fully saturated rings. The van der Waals surface area contributed by atoms with Crippen molar-refractivity contribution in [2.45, 2.75) is 45.7 Å². The number of hydrogen-bond acceptors (Lipinski definition) is 2. The molecule has 18 heavy (non-hydrogen) atoms. The molecule has 0 radical (unpaired) electrons. The van der Waals surface area contributed by atoms with Gasteiger partial charge in [0, 0.05) is 18.6 Å². The molecule has 2 rings (SSSR count). The number of nitrogens with zero attached hydrogens (tertiary/aromatic N) is 1. The van der Waals surface area contributed by atoms with Crippen LogP contribution < -0.4 is 10.2 Å². The first-order chi connectivity index (χ1) is 8.56. The van der Waals surface area contributed by atoms with Gasteiger partial charge < -0.3 is 10.2 Å². The van der Waals surface area contributed by atoms with Crippen LogP contribution in [0.2, 0.25) is 0 Å². The van der Waals surface area contributed by atoms with E-state index in [0.717, 1.165) is 43.7 Å². The van der Waals surface area contributed by atoms with Crippen molar-refractivity contribution in [1.29, 1.82) is 0 Å². The number of nitrogens with one attached hydrogen (secondary N) is 1. The Balaban J connectivity index is 2.36. The SMILES string of the molecule is CCNCc1cccc(F)c1N1CCCC1(C)C. The molecule has 1 heterocycles. The van der Waals surface area contributed by atoms with Crippen molar-refractivity contribution in [3.8, 4) is 0 Å². The predicted octanol–water partition coefficient (Wildman–Crippen LogP) is 3.31. The van der Waals surface area contributed by atoms with Crippen LogP contribution in [0.3, 0.4) is 0 Å². The summed E-state index contributed by atoms with van der Waals surface area (Å²) in [6, 6.07) is 5.39. The molecule has 0 aromatic heterocycles. The molecule has 0 saturated carbocycles. The van der Waals surface area contributed by atoms with Crippen LogP contribution in [-0.4, -0.2) is 18.6 Å². The summed E-state index contributed by atoms with van der Waals surface area (Å²) in [6.45, 7) is 9.05. The van der Waals surface area contributed by atoms with Gasteiger partial charge in [0.1, 0.15) is 5.82 Å². The third kappa shape index (κ3) is 2.51. The Hall–Kier alpha value is -1.09. The van der Waals surface area contributed by atoms with E-state index in [2.05, 4.69) is 31.0 Å². The number of benzene rings is 1. The van der Waals surface area contributed by atoms with Crippen LogP contribution in [0.1, 0.15) is 39.2 Å². The molecule has 1 aliphatic heterocycles. The highest BCUT2D eigenvalue weighted by Gasteiger charge is 2.34. The molecule has 0 atom stereocenters. The van der Waals surface area contributed by atoms with Crippen molar-refractivity contribution >= 4 is 5.69 Å². The van der Waals surface area contributed by atoms with Crippen LogP contribution in [-0.2, 0) is 6.54 Å². The summed E-state index contributed by atoms with van der Waals surface area (Å²) >= 11 is 0. The van der Waals surface area contributed by atoms with Crippen molar-refractivity contribution in [3.05, 3.63) is 29.6 Å². The third-order valence-corrected chi connectivity index (χ3v) is 3.81. The van der Waals surface area contributed by atoms with E-state index < -0.39 is 0 Å². The number of anilines is 1. The second-order valence-electron chi connectivity index (χ2n) is 5.60. The Bertz CT molecular complexity index is 415. The van der Waals surface area contributed by atoms with E-state index >= 15 is 0 Å². The number of rotatable bonds is 4. The molecule has 0 unspecified atom stereocenters. The quantitative estimate of drug-likeness (QED) is 0.882. The van der Waals surface area contributed by atoms with Gasteiger partial charge in [0.15, 0.2) is 0 Å². The van der Waals surface area contributed by atoms with Crippen molar-refractivity contribution in [2.24, 2.45) is 0 Å². The molecule has 1 aliphatic rings. The maximum absolute atomic E-state index is 14.2. The van der Waals surface area contributed by atoms with Gasteiger partial charge in [0.25, 0.3) is 0 Å². The number of hydrogen-bond donors (Lipinski definition) is 1. The summed E-state index contributed by atoms with van der Waals surface area (Å²) in [5.74, 6) is -0.0969. The maximum Gasteiger partial charge on any atom is 0.146 e. The van der Waals surface area contributed by atoms with E-state index in [4.69, 9.17) is 0 Å². The van der Waals surface area contributed by atoms with Gasteiger partial charge in [-0.15, -0.1) is 0 Å². The average molecular weight is 250 g/mol. The number of halogens is 1. The molecule has 0 bridgehead atoms. The molecular formula is C15H23FN2. The summed E-state index contributed by atoms with van der Waals surface area (Å²) < 4.78 is 14.2. The molecule has 3 heteroatoms. The predicted molar refractivity (Wildman–Crippen MR) is 74.4 cm³/mol. The van der Waals surface area contributed by atoms with E-state index in [0.29, 0.717) is 0 Å². The fourth-order valence-electron chi connectivity index (χ4n) is 2.79. The molecule has 100 valence electrons. The van der Waals surface area contributed by atoms with Gasteiger partial charge in [-0.1, -0.05) is 19.1 Å². The van der Waals surface area contributed by atoms with Crippen LogP contribution in [0, 0.1) is 5.82 Å². The zero-order chi connectivity index (χ0) is 13.2. The van der Waals surface area contributed by atoms with E-state index in [9.17, 15) is 4.39 Å². The van der Waals surface area contributed by atoms with E-state index in [1.807, 2.05) is 6.07 Å². The van der Waals surface area contributed by atoms with Crippen molar-refractivity contribution in [3.63, 3.8) is 0 Å². The molecule has 0 aliphatic carbocycles. The first-order valence-corrected chi connectivity index (χ1v) is 6.82. The normalized spacial score (nSPS) is 18.3. The number of para-hydroxylation sites is 1. The summed E-state index contributed by atoms with van der Waals surface area (Å²) in [5.41, 5.74) is 1.91. The molecule has 1 aromatic carbocycles. The molecule has 1 saturated heterocycles. The fraction of sp³-hybridized carbons (Fsp3) is 0.600. The van der Waals surface area contributed by atoms with Crippen LogP contribution >= 0.6 is 0 Å². The Morgan fingerprint density at radius 1 is 1.39 bits per heavy atom. The Kier molecular flexibility index (Phi) is 3.91. The summed E-state index contributed by atoms with van der Waals surface area (Å²) in [6.07, 6.45) is 2.27. The Morgan fingerprint density at radius 3 is 2.78 bits per heavy atom. The maximum atomic E-state index is 14.2. The standard InChI is InChI=1S/C15H23FN2/c1-4-17-11-12-7-5-8-13(16)14(12)18-10-6-9-15(18,2)3/h5,7-8,17H,4,6,9-11H2,1-3H3. The van der Waals surface area contributed by atoms with Gasteiger partial charge in [-0.2, -0.15) is 0 Å². The zero-order valence-corrected chi connectivity index (χ0v) is 11.6. The van der Waals surface area contributed by atoms with Gasteiger partial charge in [-0.3, -0.25) is 0 Å². The van der Waals surface area contributed by atoms with Crippen LogP contribution in [0.4, 0.5) is 10.1 Å². The Labute approximate surface area is 109 Å². The summed E-state index contributed by atoms with van der Waals surface area (Å²) in [4.78, 5) is 2.23. The van der Waals surface area contributed by atoms with Gasteiger partial charge in [0.05, 0.1) is 5.69 Å². The highest BCUT2D eigenvalue weighted by atomic mass is 19.1. The Morgan fingerprint density at radius 2 is 2.17 bits per heavy atom. The lowest BCUT2D eigenvalue weighted by Gasteiger charge is -2.35. The van der Waals surface area contributed by atoms with Gasteiger partial charge in [0.2, 0.25) is 0 Å². The monoisotopic (exact) mass is 250 g/mol.